The topological polar surface area (TPSA) is 94.6 Å². The third-order valence-corrected chi connectivity index (χ3v) is 5.07. The van der Waals surface area contributed by atoms with E-state index in [1.807, 2.05) is 42.5 Å². The van der Waals surface area contributed by atoms with Crippen LogP contribution in [0.1, 0.15) is 47.8 Å². The largest absolute Gasteiger partial charge is 0.467 e. The van der Waals surface area contributed by atoms with E-state index in [4.69, 9.17) is 9.47 Å². The highest BCUT2D eigenvalue weighted by Crippen LogP contribution is 2.24. The number of aldehydes is 1. The zero-order valence-electron chi connectivity index (χ0n) is 19.3. The van der Waals surface area contributed by atoms with E-state index in [9.17, 15) is 14.4 Å². The Hall–Kier alpha value is -3.74. The predicted octanol–water partition coefficient (Wildman–Crippen LogP) is 4.25. The Morgan fingerprint density at radius 2 is 1.85 bits per heavy atom. The molecule has 1 aromatic heterocycles. The molecule has 3 rings (SSSR count). The molecule has 0 unspecified atom stereocenters. The van der Waals surface area contributed by atoms with Crippen molar-refractivity contribution in [2.45, 2.75) is 45.3 Å². The summed E-state index contributed by atoms with van der Waals surface area (Å²) in [5.41, 5.74) is 2.88. The van der Waals surface area contributed by atoms with Crippen molar-refractivity contribution < 1.29 is 23.9 Å². The van der Waals surface area contributed by atoms with Crippen molar-refractivity contribution in [3.63, 3.8) is 0 Å². The lowest BCUT2D eigenvalue weighted by atomic mass is 9.95. The number of amides is 1. The maximum Gasteiger partial charge on any atom is 0.408 e. The molecule has 0 saturated carbocycles. The summed E-state index contributed by atoms with van der Waals surface area (Å²) in [7, 11) is 1.28. The summed E-state index contributed by atoms with van der Waals surface area (Å²) in [5, 5.41) is 4.39. The van der Waals surface area contributed by atoms with E-state index in [0.717, 1.165) is 33.7 Å². The number of ether oxygens (including phenoxy) is 2. The molecule has 0 bridgehead atoms. The van der Waals surface area contributed by atoms with E-state index < -0.39 is 23.7 Å². The number of methoxy groups -OCH3 is 1. The van der Waals surface area contributed by atoms with Crippen molar-refractivity contribution in [1.29, 1.82) is 0 Å². The number of hydrogen-bond donors (Lipinski definition) is 1. The fourth-order valence-corrected chi connectivity index (χ4v) is 3.64. The number of nitrogens with one attached hydrogen (secondary N) is 1. The molecule has 0 radical (unpaired) electrons. The molecule has 0 saturated heterocycles. The number of alkyl carbamates (subject to hydrolysis) is 1. The van der Waals surface area contributed by atoms with E-state index in [1.54, 1.807) is 33.2 Å². The minimum Gasteiger partial charge on any atom is -0.467 e. The summed E-state index contributed by atoms with van der Waals surface area (Å²) in [5.74, 6) is -0.548. The fourth-order valence-electron chi connectivity index (χ4n) is 3.64. The Labute approximate surface area is 193 Å². The quantitative estimate of drug-likeness (QED) is 0.429. The Morgan fingerprint density at radius 3 is 2.55 bits per heavy atom. The number of esters is 1. The number of carbonyl (C=O) groups is 3. The fraction of sp³-hybridized carbons (Fsp3) is 0.308. The van der Waals surface area contributed by atoms with Gasteiger partial charge in [0.2, 0.25) is 0 Å². The van der Waals surface area contributed by atoms with E-state index >= 15 is 0 Å². The van der Waals surface area contributed by atoms with Crippen molar-refractivity contribution in [3.8, 4) is 0 Å². The molecule has 1 heterocycles. The van der Waals surface area contributed by atoms with Gasteiger partial charge >= 0.3 is 12.1 Å². The summed E-state index contributed by atoms with van der Waals surface area (Å²) in [6.07, 6.45) is 4.48. The number of carbonyl (C=O) groups excluding carboxylic acids is 3. The first-order valence-corrected chi connectivity index (χ1v) is 10.7. The number of hydrogen-bond acceptors (Lipinski definition) is 6. The molecule has 7 nitrogen and oxygen atoms in total. The van der Waals surface area contributed by atoms with Crippen molar-refractivity contribution in [1.82, 2.24) is 10.3 Å². The summed E-state index contributed by atoms with van der Waals surface area (Å²) in [4.78, 5) is 40.0. The van der Waals surface area contributed by atoms with Gasteiger partial charge in [-0.25, -0.2) is 9.59 Å². The maximum atomic E-state index is 12.3. The van der Waals surface area contributed by atoms with Gasteiger partial charge in [0.25, 0.3) is 0 Å². The average molecular weight is 449 g/mol. The molecule has 2 aromatic carbocycles. The van der Waals surface area contributed by atoms with Gasteiger partial charge in [-0.05, 0) is 55.3 Å². The smallest absolute Gasteiger partial charge is 0.408 e. The zero-order valence-corrected chi connectivity index (χ0v) is 19.3. The monoisotopic (exact) mass is 448 g/mol. The molecule has 0 fully saturated rings. The van der Waals surface area contributed by atoms with Crippen molar-refractivity contribution in [2.75, 3.05) is 7.11 Å². The van der Waals surface area contributed by atoms with Gasteiger partial charge in [0.15, 0.2) is 6.29 Å². The summed E-state index contributed by atoms with van der Waals surface area (Å²) in [6.45, 7) is 5.26. The molecule has 7 heteroatoms. The summed E-state index contributed by atoms with van der Waals surface area (Å²) in [6, 6.07) is 12.5. The number of fused-ring (bicyclic) bond motifs is 1. The van der Waals surface area contributed by atoms with Crippen molar-refractivity contribution in [2.24, 2.45) is 0 Å². The Morgan fingerprint density at radius 1 is 1.09 bits per heavy atom. The molecule has 0 spiro atoms. The molecular formula is C26H28N2O5. The van der Waals surface area contributed by atoms with E-state index in [0.29, 0.717) is 12.0 Å². The van der Waals surface area contributed by atoms with Crippen LogP contribution in [0.3, 0.4) is 0 Å². The minimum atomic E-state index is -0.878. The first-order valence-electron chi connectivity index (χ1n) is 10.7. The summed E-state index contributed by atoms with van der Waals surface area (Å²) >= 11 is 0. The third kappa shape index (κ3) is 6.38. The molecular weight excluding hydrogens is 420 g/mol. The lowest BCUT2D eigenvalue weighted by molar-refractivity contribution is -0.143. The van der Waals surface area contributed by atoms with Crippen LogP contribution in [0, 0.1) is 0 Å². The molecule has 0 aliphatic rings. The zero-order chi connectivity index (χ0) is 24.0. The van der Waals surface area contributed by atoms with Gasteiger partial charge in [-0.2, -0.15) is 0 Å². The SMILES string of the molecule is COC(=O)[C@H](Cc1cccc(Cc2ccc(C=O)c3ccncc23)c1)NC(=O)OC(C)(C)C. The van der Waals surface area contributed by atoms with Crippen LogP contribution in [-0.4, -0.2) is 42.1 Å². The van der Waals surface area contributed by atoms with Crippen molar-refractivity contribution in [3.05, 3.63) is 77.1 Å². The van der Waals surface area contributed by atoms with Crippen LogP contribution in [0.4, 0.5) is 4.79 Å². The normalized spacial score (nSPS) is 12.1. The van der Waals surface area contributed by atoms with E-state index in [1.165, 1.54) is 7.11 Å². The Balaban J connectivity index is 1.81. The van der Waals surface area contributed by atoms with E-state index in [2.05, 4.69) is 10.3 Å². The van der Waals surface area contributed by atoms with Gasteiger partial charge in [-0.1, -0.05) is 36.4 Å². The standard InChI is InChI=1S/C26H28N2O5/c1-26(2,3)33-25(31)28-23(24(30)32-4)14-18-7-5-6-17(12-18)13-19-8-9-20(16-29)21-10-11-27-15-22(19)21/h5-12,15-16,23H,13-14H2,1-4H3,(H,28,31)/t23-/m0/s1. The highest BCUT2D eigenvalue weighted by Gasteiger charge is 2.25. The number of benzene rings is 2. The van der Waals surface area contributed by atoms with Crippen LogP contribution in [0.2, 0.25) is 0 Å². The first-order chi connectivity index (χ1) is 15.7. The third-order valence-electron chi connectivity index (χ3n) is 5.07. The van der Waals surface area contributed by atoms with E-state index in [-0.39, 0.29) is 6.42 Å². The van der Waals surface area contributed by atoms with Crippen LogP contribution in [0.15, 0.2) is 54.9 Å². The first kappa shape index (κ1) is 23.9. The number of aromatic nitrogens is 1. The molecule has 0 aliphatic carbocycles. The van der Waals surface area contributed by atoms with Gasteiger partial charge in [0, 0.05) is 29.8 Å². The number of rotatable bonds is 7. The molecule has 1 amide bonds. The minimum absolute atomic E-state index is 0.256. The summed E-state index contributed by atoms with van der Waals surface area (Å²) < 4.78 is 10.1. The van der Waals surface area contributed by atoms with Gasteiger partial charge < -0.3 is 14.8 Å². The lowest BCUT2D eigenvalue weighted by Crippen LogP contribution is -2.45. The molecule has 172 valence electrons. The van der Waals surface area contributed by atoms with Gasteiger partial charge in [-0.15, -0.1) is 0 Å². The average Bonchev–Trinajstić information content (AvgIpc) is 2.77. The highest BCUT2D eigenvalue weighted by atomic mass is 16.6. The Bertz CT molecular complexity index is 1170. The number of pyridine rings is 1. The molecule has 1 N–H and O–H groups in total. The van der Waals surface area contributed by atoms with Crippen LogP contribution in [-0.2, 0) is 27.1 Å². The highest BCUT2D eigenvalue weighted by molar-refractivity contribution is 5.99. The predicted molar refractivity (Wildman–Crippen MR) is 125 cm³/mol. The van der Waals surface area contributed by atoms with Crippen molar-refractivity contribution >= 4 is 29.1 Å². The molecule has 0 aliphatic heterocycles. The van der Waals surface area contributed by atoms with Crippen LogP contribution >= 0.6 is 0 Å². The van der Waals surface area contributed by atoms with Gasteiger partial charge in [0.1, 0.15) is 11.6 Å². The molecule has 33 heavy (non-hydrogen) atoms. The van der Waals surface area contributed by atoms with Crippen LogP contribution < -0.4 is 5.32 Å². The number of nitrogens with zero attached hydrogens (tertiary/aromatic N) is 1. The Kier molecular flexibility index (Phi) is 7.43. The van der Waals surface area contributed by atoms with Crippen LogP contribution in [0.5, 0.6) is 0 Å². The second-order valence-electron chi connectivity index (χ2n) is 8.78. The van der Waals surface area contributed by atoms with Gasteiger partial charge in [0.05, 0.1) is 7.11 Å². The van der Waals surface area contributed by atoms with Crippen LogP contribution in [0.25, 0.3) is 10.8 Å². The second kappa shape index (κ2) is 10.3. The maximum absolute atomic E-state index is 12.3. The van der Waals surface area contributed by atoms with Gasteiger partial charge in [-0.3, -0.25) is 9.78 Å². The second-order valence-corrected chi connectivity index (χ2v) is 8.78. The lowest BCUT2D eigenvalue weighted by Gasteiger charge is -2.22. The molecule has 1 atom stereocenters. The molecule has 3 aromatic rings.